The number of benzene rings is 1. The molecule has 1 aromatic carbocycles. The Hall–Kier alpha value is -1.19. The molecule has 1 aromatic rings. The molecule has 2 saturated carbocycles. The van der Waals surface area contributed by atoms with Gasteiger partial charge in [-0.2, -0.15) is 0 Å². The van der Waals surface area contributed by atoms with Crippen LogP contribution in [0.4, 0.5) is 13.2 Å². The summed E-state index contributed by atoms with van der Waals surface area (Å²) in [5.74, 6) is 0.564. The van der Waals surface area contributed by atoms with Crippen molar-refractivity contribution in [3.05, 3.63) is 29.3 Å². The number of alkyl halides is 1. The van der Waals surface area contributed by atoms with E-state index in [1.165, 1.54) is 57.1 Å². The highest BCUT2D eigenvalue weighted by atomic mass is 19.1. The minimum atomic E-state index is -1.22. The van der Waals surface area contributed by atoms with Gasteiger partial charge in [0, 0.05) is 0 Å². The zero-order valence-electron chi connectivity index (χ0n) is 16.5. The van der Waals surface area contributed by atoms with Crippen LogP contribution < -0.4 is 4.74 Å². The monoisotopic (exact) mass is 382 g/mol. The van der Waals surface area contributed by atoms with Gasteiger partial charge in [0.25, 0.3) is 0 Å². The first-order chi connectivity index (χ1) is 13.1. The van der Waals surface area contributed by atoms with Gasteiger partial charge in [-0.25, -0.2) is 13.2 Å². The molecule has 0 saturated heterocycles. The van der Waals surface area contributed by atoms with Crippen molar-refractivity contribution in [3.8, 4) is 5.75 Å². The average Bonchev–Trinajstić information content (AvgIpc) is 2.69. The maximum Gasteiger partial charge on any atom is 0.228 e. The minimum Gasteiger partial charge on any atom is -0.457 e. The molecule has 0 amide bonds. The molecule has 0 bridgehead atoms. The quantitative estimate of drug-likeness (QED) is 0.473. The first-order valence-corrected chi connectivity index (χ1v) is 10.8. The van der Waals surface area contributed by atoms with Crippen LogP contribution in [0, 0.1) is 29.4 Å². The smallest absolute Gasteiger partial charge is 0.228 e. The normalized spacial score (nSPS) is 28.9. The van der Waals surface area contributed by atoms with Crippen LogP contribution in [-0.2, 0) is 0 Å². The Kier molecular flexibility index (Phi) is 7.49. The Morgan fingerprint density at radius 3 is 1.96 bits per heavy atom. The maximum atomic E-state index is 14.0. The van der Waals surface area contributed by atoms with Crippen molar-refractivity contribution < 1.29 is 17.9 Å². The summed E-state index contributed by atoms with van der Waals surface area (Å²) in [5.41, 5.74) is 0.693. The summed E-state index contributed by atoms with van der Waals surface area (Å²) >= 11 is 0. The van der Waals surface area contributed by atoms with Crippen LogP contribution in [0.15, 0.2) is 12.1 Å². The molecule has 0 N–H and O–H groups in total. The molecular formula is C23H33F3O. The summed E-state index contributed by atoms with van der Waals surface area (Å²) in [7, 11) is 0. The molecule has 0 unspecified atom stereocenters. The third-order valence-electron chi connectivity index (χ3n) is 6.99. The van der Waals surface area contributed by atoms with Gasteiger partial charge in [-0.05, 0) is 79.9 Å². The van der Waals surface area contributed by atoms with Gasteiger partial charge < -0.3 is 4.74 Å². The van der Waals surface area contributed by atoms with Crippen LogP contribution in [0.25, 0.3) is 0 Å². The molecule has 27 heavy (non-hydrogen) atoms. The summed E-state index contributed by atoms with van der Waals surface area (Å²) in [6.07, 6.45) is 13.8. The van der Waals surface area contributed by atoms with Gasteiger partial charge in [0.2, 0.25) is 6.86 Å². The van der Waals surface area contributed by atoms with E-state index in [2.05, 4.69) is 11.7 Å². The Morgan fingerprint density at radius 2 is 1.44 bits per heavy atom. The standard InChI is InChI=1S/C23H33F3O/c1-2-3-4-16-5-7-17(8-6-16)18-9-11-19(12-10-18)20-13-21(25)23(27-15-24)22(26)14-20/h13-14,16-19H,2-12,15H2,1H3. The van der Waals surface area contributed by atoms with E-state index in [0.717, 1.165) is 43.4 Å². The molecule has 4 heteroatoms. The fraction of sp³-hybridized carbons (Fsp3) is 0.739. The molecule has 3 rings (SSSR count). The fourth-order valence-corrected chi connectivity index (χ4v) is 5.37. The first kappa shape index (κ1) is 20.5. The predicted octanol–water partition coefficient (Wildman–Crippen LogP) is 7.54. The molecule has 0 aliphatic heterocycles. The molecule has 0 heterocycles. The number of rotatable bonds is 7. The van der Waals surface area contributed by atoms with E-state index in [9.17, 15) is 13.2 Å². The van der Waals surface area contributed by atoms with Gasteiger partial charge in [-0.3, -0.25) is 0 Å². The van der Waals surface area contributed by atoms with Gasteiger partial charge in [0.1, 0.15) is 0 Å². The van der Waals surface area contributed by atoms with Gasteiger partial charge >= 0.3 is 0 Å². The summed E-state index contributed by atoms with van der Waals surface area (Å²) in [5, 5.41) is 0. The van der Waals surface area contributed by atoms with Crippen molar-refractivity contribution in [2.75, 3.05) is 6.86 Å². The number of hydrogen-bond acceptors (Lipinski definition) is 1. The fourth-order valence-electron chi connectivity index (χ4n) is 5.37. The zero-order valence-corrected chi connectivity index (χ0v) is 16.5. The average molecular weight is 383 g/mol. The second kappa shape index (κ2) is 9.84. The van der Waals surface area contributed by atoms with E-state index in [0.29, 0.717) is 5.56 Å². The third kappa shape index (κ3) is 5.20. The Balaban J connectivity index is 1.51. The second-order valence-corrected chi connectivity index (χ2v) is 8.60. The van der Waals surface area contributed by atoms with Crippen molar-refractivity contribution in [3.63, 3.8) is 0 Å². The first-order valence-electron chi connectivity index (χ1n) is 10.8. The molecule has 0 spiro atoms. The highest BCUT2D eigenvalue weighted by Crippen LogP contribution is 2.45. The lowest BCUT2D eigenvalue weighted by Gasteiger charge is -2.38. The van der Waals surface area contributed by atoms with Crippen LogP contribution in [-0.4, -0.2) is 6.86 Å². The Labute approximate surface area is 161 Å². The largest absolute Gasteiger partial charge is 0.457 e. The number of ether oxygens (including phenoxy) is 1. The van der Waals surface area contributed by atoms with Crippen LogP contribution in [0.1, 0.15) is 89.0 Å². The van der Waals surface area contributed by atoms with E-state index in [1.807, 2.05) is 0 Å². The topological polar surface area (TPSA) is 9.23 Å². The van der Waals surface area contributed by atoms with E-state index in [4.69, 9.17) is 0 Å². The lowest BCUT2D eigenvalue weighted by atomic mass is 9.68. The van der Waals surface area contributed by atoms with Crippen molar-refractivity contribution in [1.82, 2.24) is 0 Å². The van der Waals surface area contributed by atoms with Crippen molar-refractivity contribution in [2.24, 2.45) is 17.8 Å². The molecule has 0 aromatic heterocycles. The van der Waals surface area contributed by atoms with E-state index < -0.39 is 24.2 Å². The lowest BCUT2D eigenvalue weighted by Crippen LogP contribution is -2.25. The molecule has 0 atom stereocenters. The van der Waals surface area contributed by atoms with Crippen molar-refractivity contribution >= 4 is 0 Å². The molecule has 0 radical (unpaired) electrons. The maximum absolute atomic E-state index is 14.0. The molecule has 152 valence electrons. The van der Waals surface area contributed by atoms with Crippen LogP contribution >= 0.6 is 0 Å². The second-order valence-electron chi connectivity index (χ2n) is 8.60. The Bertz CT molecular complexity index is 564. The van der Waals surface area contributed by atoms with E-state index >= 15 is 0 Å². The molecule has 2 fully saturated rings. The van der Waals surface area contributed by atoms with Crippen LogP contribution in [0.3, 0.4) is 0 Å². The summed E-state index contributed by atoms with van der Waals surface area (Å²) in [6, 6.07) is 2.66. The number of halogens is 3. The minimum absolute atomic E-state index is 0.200. The zero-order chi connectivity index (χ0) is 19.2. The lowest BCUT2D eigenvalue weighted by molar-refractivity contribution is 0.155. The van der Waals surface area contributed by atoms with E-state index in [1.54, 1.807) is 0 Å². The number of unbranched alkanes of at least 4 members (excludes halogenated alkanes) is 1. The SMILES string of the molecule is CCCCC1CCC(C2CCC(c3cc(F)c(OCF)c(F)c3)CC2)CC1. The predicted molar refractivity (Wildman–Crippen MR) is 103 cm³/mol. The summed E-state index contributed by atoms with van der Waals surface area (Å²) in [6.45, 7) is 1.04. The summed E-state index contributed by atoms with van der Waals surface area (Å²) < 4.78 is 44.7. The van der Waals surface area contributed by atoms with Gasteiger partial charge in [-0.15, -0.1) is 0 Å². The molecule has 2 aliphatic carbocycles. The third-order valence-corrected chi connectivity index (χ3v) is 6.99. The molecule has 2 aliphatic rings. The Morgan fingerprint density at radius 1 is 0.889 bits per heavy atom. The summed E-state index contributed by atoms with van der Waals surface area (Å²) in [4.78, 5) is 0. The van der Waals surface area contributed by atoms with Crippen LogP contribution in [0.5, 0.6) is 5.75 Å². The molecule has 1 nitrogen and oxygen atoms in total. The van der Waals surface area contributed by atoms with Crippen molar-refractivity contribution in [2.45, 2.75) is 83.5 Å². The van der Waals surface area contributed by atoms with Gasteiger partial charge in [0.05, 0.1) is 0 Å². The van der Waals surface area contributed by atoms with Crippen molar-refractivity contribution in [1.29, 1.82) is 0 Å². The number of hydrogen-bond donors (Lipinski definition) is 0. The van der Waals surface area contributed by atoms with Crippen LogP contribution in [0.2, 0.25) is 0 Å². The molecular weight excluding hydrogens is 349 g/mol. The van der Waals surface area contributed by atoms with E-state index in [-0.39, 0.29) is 5.92 Å². The highest BCUT2D eigenvalue weighted by molar-refractivity contribution is 5.33. The van der Waals surface area contributed by atoms with Gasteiger partial charge in [0.15, 0.2) is 17.4 Å². The van der Waals surface area contributed by atoms with Gasteiger partial charge in [-0.1, -0.05) is 39.0 Å². The highest BCUT2D eigenvalue weighted by Gasteiger charge is 2.31.